The zero-order valence-corrected chi connectivity index (χ0v) is 19.2. The van der Waals surface area contributed by atoms with Crippen LogP contribution in [0.2, 0.25) is 0 Å². The molecule has 3 aromatic carbocycles. The highest BCUT2D eigenvalue weighted by Crippen LogP contribution is 2.31. The molecule has 9 heteroatoms. The van der Waals surface area contributed by atoms with Crippen molar-refractivity contribution in [2.75, 3.05) is 33.0 Å². The maximum atomic E-state index is 12.6. The molecule has 0 aliphatic carbocycles. The number of nitrogens with one attached hydrogen (secondary N) is 2. The van der Waals surface area contributed by atoms with Gasteiger partial charge in [0.05, 0.1) is 6.61 Å². The van der Waals surface area contributed by atoms with Gasteiger partial charge in [-0.1, -0.05) is 18.2 Å². The number of hydrogen-bond acceptors (Lipinski definition) is 7. The van der Waals surface area contributed by atoms with Gasteiger partial charge in [0.1, 0.15) is 32.2 Å². The summed E-state index contributed by atoms with van der Waals surface area (Å²) < 4.78 is 28.0. The van der Waals surface area contributed by atoms with E-state index in [1.807, 2.05) is 37.3 Å². The Bertz CT molecular complexity index is 1170. The first-order chi connectivity index (χ1) is 17.1. The first-order valence-electron chi connectivity index (χ1n) is 11.2. The standard InChI is InChI=1S/C26H26N2O7/c1-2-31-23-16-18(8-10-21(23)33-13-12-32-20-6-4-3-5-7-20)25(29)27-28-26(30)19-9-11-22-24(17-19)35-15-14-34-22/h3-11,16-17H,2,12-15H2,1H3,(H,27,29)(H,28,30). The van der Waals surface area contributed by atoms with Crippen molar-refractivity contribution in [1.82, 2.24) is 10.9 Å². The molecule has 0 fully saturated rings. The van der Waals surface area contributed by atoms with E-state index in [0.717, 1.165) is 5.75 Å². The summed E-state index contributed by atoms with van der Waals surface area (Å²) in [6.07, 6.45) is 0. The van der Waals surface area contributed by atoms with Gasteiger partial charge in [-0.2, -0.15) is 0 Å². The van der Waals surface area contributed by atoms with Gasteiger partial charge in [-0.05, 0) is 55.5 Å². The molecule has 2 N–H and O–H groups in total. The molecular weight excluding hydrogens is 452 g/mol. The Morgan fingerprint density at radius 2 is 1.40 bits per heavy atom. The summed E-state index contributed by atoms with van der Waals surface area (Å²) in [4.78, 5) is 25.1. The van der Waals surface area contributed by atoms with Crippen molar-refractivity contribution < 1.29 is 33.3 Å². The lowest BCUT2D eigenvalue weighted by Gasteiger charge is -2.18. The summed E-state index contributed by atoms with van der Waals surface area (Å²) in [5.41, 5.74) is 5.43. The molecule has 3 aromatic rings. The number of carbonyl (C=O) groups excluding carboxylic acids is 2. The van der Waals surface area contributed by atoms with E-state index in [9.17, 15) is 9.59 Å². The molecule has 0 radical (unpaired) electrons. The van der Waals surface area contributed by atoms with Crippen LogP contribution >= 0.6 is 0 Å². The molecule has 0 atom stereocenters. The van der Waals surface area contributed by atoms with Crippen LogP contribution in [0.4, 0.5) is 0 Å². The number of rotatable bonds is 9. The van der Waals surface area contributed by atoms with Crippen molar-refractivity contribution in [3.8, 4) is 28.7 Å². The number of amides is 2. The van der Waals surface area contributed by atoms with E-state index in [1.54, 1.807) is 36.4 Å². The molecule has 2 amide bonds. The Morgan fingerprint density at radius 3 is 2.14 bits per heavy atom. The summed E-state index contributed by atoms with van der Waals surface area (Å²) >= 11 is 0. The van der Waals surface area contributed by atoms with Crippen LogP contribution in [0.15, 0.2) is 66.7 Å². The van der Waals surface area contributed by atoms with Gasteiger partial charge in [0.15, 0.2) is 23.0 Å². The first kappa shape index (κ1) is 23.7. The summed E-state index contributed by atoms with van der Waals surface area (Å²) in [6, 6.07) is 19.0. The number of carbonyl (C=O) groups is 2. The van der Waals surface area contributed by atoms with Crippen molar-refractivity contribution in [1.29, 1.82) is 0 Å². The average Bonchev–Trinajstić information content (AvgIpc) is 2.90. The Kier molecular flexibility index (Phi) is 7.90. The number of benzene rings is 3. The fraction of sp³-hybridized carbons (Fsp3) is 0.231. The predicted molar refractivity (Wildman–Crippen MR) is 127 cm³/mol. The van der Waals surface area contributed by atoms with E-state index >= 15 is 0 Å². The Balaban J connectivity index is 1.32. The highest BCUT2D eigenvalue weighted by atomic mass is 16.6. The number of ether oxygens (including phenoxy) is 5. The van der Waals surface area contributed by atoms with Crippen LogP contribution in [-0.4, -0.2) is 44.8 Å². The first-order valence-corrected chi connectivity index (χ1v) is 11.2. The normalized spacial score (nSPS) is 11.8. The van der Waals surface area contributed by atoms with Crippen LogP contribution in [0.5, 0.6) is 28.7 Å². The molecule has 0 unspecified atom stereocenters. The maximum Gasteiger partial charge on any atom is 0.269 e. The maximum absolute atomic E-state index is 12.6. The lowest BCUT2D eigenvalue weighted by Crippen LogP contribution is -2.41. The second kappa shape index (κ2) is 11.6. The van der Waals surface area contributed by atoms with Crippen LogP contribution < -0.4 is 34.5 Å². The molecule has 0 spiro atoms. The van der Waals surface area contributed by atoms with E-state index in [0.29, 0.717) is 67.2 Å². The molecule has 0 saturated carbocycles. The van der Waals surface area contributed by atoms with Crippen LogP contribution in [0.3, 0.4) is 0 Å². The lowest BCUT2D eigenvalue weighted by molar-refractivity contribution is 0.0846. The monoisotopic (exact) mass is 478 g/mol. The number of para-hydroxylation sites is 1. The molecule has 35 heavy (non-hydrogen) atoms. The molecular formula is C26H26N2O7. The highest BCUT2D eigenvalue weighted by Gasteiger charge is 2.16. The minimum Gasteiger partial charge on any atom is -0.490 e. The highest BCUT2D eigenvalue weighted by molar-refractivity contribution is 5.99. The number of hydrazine groups is 1. The molecule has 0 aromatic heterocycles. The van der Waals surface area contributed by atoms with E-state index in [4.69, 9.17) is 23.7 Å². The summed E-state index contributed by atoms with van der Waals surface area (Å²) in [7, 11) is 0. The third-order valence-electron chi connectivity index (χ3n) is 4.95. The van der Waals surface area contributed by atoms with Crippen molar-refractivity contribution in [3.63, 3.8) is 0 Å². The fourth-order valence-electron chi connectivity index (χ4n) is 3.31. The molecule has 1 aliphatic rings. The van der Waals surface area contributed by atoms with Crippen molar-refractivity contribution in [2.24, 2.45) is 0 Å². The van der Waals surface area contributed by atoms with Crippen molar-refractivity contribution in [2.45, 2.75) is 6.92 Å². The third kappa shape index (κ3) is 6.35. The molecule has 1 heterocycles. The quantitative estimate of drug-likeness (QED) is 0.359. The van der Waals surface area contributed by atoms with Crippen LogP contribution in [0, 0.1) is 0 Å². The zero-order chi connectivity index (χ0) is 24.5. The zero-order valence-electron chi connectivity index (χ0n) is 19.2. The summed E-state index contributed by atoms with van der Waals surface area (Å²) in [5.74, 6) is 1.73. The van der Waals surface area contributed by atoms with Gasteiger partial charge in [-0.25, -0.2) is 0 Å². The van der Waals surface area contributed by atoms with E-state index in [-0.39, 0.29) is 0 Å². The average molecular weight is 479 g/mol. The van der Waals surface area contributed by atoms with Gasteiger partial charge >= 0.3 is 0 Å². The minimum atomic E-state index is -0.504. The summed E-state index contributed by atoms with van der Waals surface area (Å²) in [6.45, 7) is 3.75. The van der Waals surface area contributed by atoms with E-state index in [1.165, 1.54) is 0 Å². The van der Waals surface area contributed by atoms with Gasteiger partial charge in [0.2, 0.25) is 0 Å². The Labute approximate surface area is 202 Å². The van der Waals surface area contributed by atoms with Gasteiger partial charge < -0.3 is 23.7 Å². The molecule has 4 rings (SSSR count). The molecule has 0 saturated heterocycles. The SMILES string of the molecule is CCOc1cc(C(=O)NNC(=O)c2ccc3c(c2)OCCO3)ccc1OCCOc1ccccc1. The Hall–Kier alpha value is -4.40. The summed E-state index contributed by atoms with van der Waals surface area (Å²) in [5, 5.41) is 0. The second-order valence-corrected chi connectivity index (χ2v) is 7.37. The van der Waals surface area contributed by atoms with E-state index in [2.05, 4.69) is 10.9 Å². The van der Waals surface area contributed by atoms with Gasteiger partial charge in [-0.15, -0.1) is 0 Å². The van der Waals surface area contributed by atoms with Gasteiger partial charge in [-0.3, -0.25) is 20.4 Å². The second-order valence-electron chi connectivity index (χ2n) is 7.37. The smallest absolute Gasteiger partial charge is 0.269 e. The van der Waals surface area contributed by atoms with Crippen LogP contribution in [0.1, 0.15) is 27.6 Å². The van der Waals surface area contributed by atoms with Crippen LogP contribution in [-0.2, 0) is 0 Å². The number of hydrogen-bond donors (Lipinski definition) is 2. The minimum absolute atomic E-state index is 0.295. The molecule has 1 aliphatic heterocycles. The molecule has 182 valence electrons. The van der Waals surface area contributed by atoms with Gasteiger partial charge in [0.25, 0.3) is 11.8 Å². The number of fused-ring (bicyclic) bond motifs is 1. The fourth-order valence-corrected chi connectivity index (χ4v) is 3.31. The largest absolute Gasteiger partial charge is 0.490 e. The Morgan fingerprint density at radius 1 is 0.743 bits per heavy atom. The van der Waals surface area contributed by atoms with Gasteiger partial charge in [0, 0.05) is 11.1 Å². The molecule has 0 bridgehead atoms. The van der Waals surface area contributed by atoms with E-state index < -0.39 is 11.8 Å². The molecule has 9 nitrogen and oxygen atoms in total. The topological polar surface area (TPSA) is 104 Å². The van der Waals surface area contributed by atoms with Crippen LogP contribution in [0.25, 0.3) is 0 Å². The lowest BCUT2D eigenvalue weighted by atomic mass is 10.2. The predicted octanol–water partition coefficient (Wildman–Crippen LogP) is 3.39. The van der Waals surface area contributed by atoms with Crippen molar-refractivity contribution in [3.05, 3.63) is 77.9 Å². The third-order valence-corrected chi connectivity index (χ3v) is 4.95. The van der Waals surface area contributed by atoms with Crippen molar-refractivity contribution >= 4 is 11.8 Å².